The van der Waals surface area contributed by atoms with Crippen molar-refractivity contribution in [3.05, 3.63) is 100 Å². The number of hydrogen-bond acceptors (Lipinski definition) is 3. The van der Waals surface area contributed by atoms with Crippen LogP contribution in [0.2, 0.25) is 5.02 Å². The van der Waals surface area contributed by atoms with Crippen LogP contribution in [0.15, 0.2) is 77.8 Å². The maximum atomic E-state index is 6.21. The van der Waals surface area contributed by atoms with Crippen molar-refractivity contribution in [3.8, 4) is 5.75 Å². The van der Waals surface area contributed by atoms with Crippen LogP contribution in [-0.2, 0) is 0 Å². The molecule has 3 nitrogen and oxygen atoms in total. The summed E-state index contributed by atoms with van der Waals surface area (Å²) < 4.78 is 5.20. The molecule has 0 radical (unpaired) electrons. The summed E-state index contributed by atoms with van der Waals surface area (Å²) in [7, 11) is 1.61. The van der Waals surface area contributed by atoms with Gasteiger partial charge in [0.15, 0.2) is 0 Å². The van der Waals surface area contributed by atoms with E-state index < -0.39 is 0 Å². The lowest BCUT2D eigenvalue weighted by atomic mass is 9.76. The van der Waals surface area contributed by atoms with Gasteiger partial charge >= 0.3 is 0 Å². The normalized spacial score (nSPS) is 21.6. The second-order valence-corrected chi connectivity index (χ2v) is 8.72. The highest BCUT2D eigenvalue weighted by atomic mass is 35.5. The van der Waals surface area contributed by atoms with Gasteiger partial charge in [0.05, 0.1) is 23.9 Å². The molecule has 31 heavy (non-hydrogen) atoms. The Labute approximate surface area is 188 Å². The zero-order valence-electron chi connectivity index (χ0n) is 17.7. The molecular weight excluding hydrogens is 404 g/mol. The summed E-state index contributed by atoms with van der Waals surface area (Å²) in [5.74, 6) is 1.70. The molecule has 156 valence electrons. The molecule has 5 rings (SSSR count). The third-order valence-electron chi connectivity index (χ3n) is 6.31. The Morgan fingerprint density at radius 1 is 1.06 bits per heavy atom. The molecule has 0 spiro atoms. The molecule has 0 fully saturated rings. The van der Waals surface area contributed by atoms with Crippen LogP contribution in [0, 0.1) is 12.8 Å². The third kappa shape index (κ3) is 3.86. The lowest BCUT2D eigenvalue weighted by molar-refractivity contribution is 0.415. The smallest absolute Gasteiger partial charge is 0.137 e. The molecule has 4 heteroatoms. The molecule has 0 unspecified atom stereocenters. The zero-order chi connectivity index (χ0) is 21.4. The highest BCUT2D eigenvalue weighted by molar-refractivity contribution is 6.32. The van der Waals surface area contributed by atoms with Gasteiger partial charge in [-0.2, -0.15) is 0 Å². The Kier molecular flexibility index (Phi) is 5.29. The minimum absolute atomic E-state index is 0.300. The summed E-state index contributed by atoms with van der Waals surface area (Å²) in [6.07, 6.45) is 7.65. The van der Waals surface area contributed by atoms with Crippen molar-refractivity contribution in [2.75, 3.05) is 12.4 Å². The fourth-order valence-electron chi connectivity index (χ4n) is 4.72. The fourth-order valence-corrected chi connectivity index (χ4v) is 4.99. The number of fused-ring (bicyclic) bond motifs is 3. The first-order valence-electron chi connectivity index (χ1n) is 10.6. The lowest BCUT2D eigenvalue weighted by Crippen LogP contribution is -2.29. The van der Waals surface area contributed by atoms with Gasteiger partial charge in [0.2, 0.25) is 0 Å². The van der Waals surface area contributed by atoms with Gasteiger partial charge in [-0.15, -0.1) is 0 Å². The first-order chi connectivity index (χ1) is 15.1. The standard InChI is InChI=1S/C27H25ClN2O/c1-17-6-12-25-23(14-17)21-4-3-5-22(21)27(30-25)19-8-10-20(11-9-19)29-16-18-7-13-26(31-2)24(28)15-18/h3-4,6-16,21-22,27,30H,5H2,1-2H3/t21-,22+,27-/m0/s1. The van der Waals surface area contributed by atoms with Crippen molar-refractivity contribution in [1.82, 2.24) is 0 Å². The predicted molar refractivity (Wildman–Crippen MR) is 129 cm³/mol. The zero-order valence-corrected chi connectivity index (χ0v) is 18.4. The van der Waals surface area contributed by atoms with Crippen LogP contribution in [0.1, 0.15) is 40.6 Å². The van der Waals surface area contributed by atoms with Gasteiger partial charge in [-0.25, -0.2) is 0 Å². The Morgan fingerprint density at radius 2 is 1.90 bits per heavy atom. The number of halogens is 1. The van der Waals surface area contributed by atoms with E-state index in [1.807, 2.05) is 24.4 Å². The van der Waals surface area contributed by atoms with E-state index in [0.717, 1.165) is 17.7 Å². The highest BCUT2D eigenvalue weighted by Crippen LogP contribution is 2.50. The van der Waals surface area contributed by atoms with Crippen LogP contribution in [0.5, 0.6) is 5.75 Å². The first-order valence-corrected chi connectivity index (χ1v) is 11.0. The number of rotatable bonds is 4. The molecular formula is C27H25ClN2O. The number of nitrogens with one attached hydrogen (secondary N) is 1. The SMILES string of the molecule is COc1ccc(C=Nc2ccc([C@@H]3Nc4ccc(C)cc4[C@H]4C=CC[C@H]43)cc2)cc1Cl. The van der Waals surface area contributed by atoms with Crippen molar-refractivity contribution < 1.29 is 4.74 Å². The number of allylic oxidation sites excluding steroid dienone is 2. The fraction of sp³-hybridized carbons (Fsp3) is 0.222. The minimum Gasteiger partial charge on any atom is -0.495 e. The van der Waals surface area contributed by atoms with Crippen molar-refractivity contribution in [2.45, 2.75) is 25.3 Å². The van der Waals surface area contributed by atoms with Crippen LogP contribution >= 0.6 is 11.6 Å². The largest absolute Gasteiger partial charge is 0.495 e. The molecule has 0 saturated heterocycles. The molecule has 1 aliphatic carbocycles. The Balaban J connectivity index is 1.36. The van der Waals surface area contributed by atoms with Crippen molar-refractivity contribution in [1.29, 1.82) is 0 Å². The number of nitrogens with zero attached hydrogens (tertiary/aromatic N) is 1. The van der Waals surface area contributed by atoms with Crippen LogP contribution in [-0.4, -0.2) is 13.3 Å². The average molecular weight is 429 g/mol. The van der Waals surface area contributed by atoms with Gasteiger partial charge in [-0.05, 0) is 72.4 Å². The first kappa shape index (κ1) is 19.9. The number of benzene rings is 3. The molecule has 1 heterocycles. The highest BCUT2D eigenvalue weighted by Gasteiger charge is 2.37. The average Bonchev–Trinajstić information content (AvgIpc) is 3.28. The summed E-state index contributed by atoms with van der Waals surface area (Å²) in [4.78, 5) is 4.61. The van der Waals surface area contributed by atoms with Gasteiger partial charge in [-0.1, -0.05) is 53.6 Å². The van der Waals surface area contributed by atoms with E-state index in [-0.39, 0.29) is 0 Å². The van der Waals surface area contributed by atoms with Crippen LogP contribution < -0.4 is 10.1 Å². The summed E-state index contributed by atoms with van der Waals surface area (Å²) in [6, 6.07) is 21.2. The predicted octanol–water partition coefficient (Wildman–Crippen LogP) is 7.23. The Morgan fingerprint density at radius 3 is 2.68 bits per heavy atom. The van der Waals surface area contributed by atoms with Crippen LogP contribution in [0.3, 0.4) is 0 Å². The molecule has 3 atom stereocenters. The van der Waals surface area contributed by atoms with Gasteiger partial charge in [0.25, 0.3) is 0 Å². The molecule has 1 N–H and O–H groups in total. The van der Waals surface area contributed by atoms with Crippen LogP contribution in [0.25, 0.3) is 0 Å². The second-order valence-electron chi connectivity index (χ2n) is 8.31. The Bertz CT molecular complexity index is 1170. The van der Waals surface area contributed by atoms with Gasteiger partial charge in [0, 0.05) is 17.8 Å². The monoisotopic (exact) mass is 428 g/mol. The molecule has 0 amide bonds. The van der Waals surface area contributed by atoms with E-state index in [2.05, 4.69) is 71.8 Å². The van der Waals surface area contributed by atoms with E-state index in [4.69, 9.17) is 16.3 Å². The van der Waals surface area contributed by atoms with Crippen molar-refractivity contribution >= 4 is 29.2 Å². The Hall–Kier alpha value is -3.04. The maximum absolute atomic E-state index is 6.21. The quantitative estimate of drug-likeness (QED) is 0.351. The number of ether oxygens (including phenoxy) is 1. The van der Waals surface area contributed by atoms with Gasteiger partial charge < -0.3 is 10.1 Å². The van der Waals surface area contributed by atoms with Crippen LogP contribution in [0.4, 0.5) is 11.4 Å². The van der Waals surface area contributed by atoms with Crippen molar-refractivity contribution in [2.24, 2.45) is 10.9 Å². The lowest BCUT2D eigenvalue weighted by Gasteiger charge is -2.37. The molecule has 0 aromatic heterocycles. The maximum Gasteiger partial charge on any atom is 0.137 e. The number of aryl methyl sites for hydroxylation is 1. The molecule has 2 aliphatic rings. The molecule has 1 aliphatic heterocycles. The molecule has 3 aromatic carbocycles. The van der Waals surface area contributed by atoms with E-state index in [0.29, 0.717) is 28.6 Å². The summed E-state index contributed by atoms with van der Waals surface area (Å²) in [5.41, 5.74) is 7.16. The minimum atomic E-state index is 0.300. The van der Waals surface area contributed by atoms with E-state index >= 15 is 0 Å². The number of aliphatic imine (C=N–C) groups is 1. The number of hydrogen-bond donors (Lipinski definition) is 1. The second kappa shape index (κ2) is 8.24. The topological polar surface area (TPSA) is 33.6 Å². The van der Waals surface area contributed by atoms with Gasteiger partial charge in [-0.3, -0.25) is 4.99 Å². The van der Waals surface area contributed by atoms with E-state index in [9.17, 15) is 0 Å². The summed E-state index contributed by atoms with van der Waals surface area (Å²) >= 11 is 6.21. The number of anilines is 1. The third-order valence-corrected chi connectivity index (χ3v) is 6.60. The van der Waals surface area contributed by atoms with E-state index in [1.165, 1.54) is 22.4 Å². The molecule has 3 aromatic rings. The van der Waals surface area contributed by atoms with Crippen molar-refractivity contribution in [3.63, 3.8) is 0 Å². The molecule has 0 saturated carbocycles. The molecule has 0 bridgehead atoms. The van der Waals surface area contributed by atoms with E-state index in [1.54, 1.807) is 7.11 Å². The summed E-state index contributed by atoms with van der Waals surface area (Å²) in [5, 5.41) is 4.38. The number of methoxy groups -OCH3 is 1. The van der Waals surface area contributed by atoms with Gasteiger partial charge in [0.1, 0.15) is 5.75 Å². The summed E-state index contributed by atoms with van der Waals surface area (Å²) in [6.45, 7) is 2.17.